The lowest BCUT2D eigenvalue weighted by Crippen LogP contribution is -2.48. The lowest BCUT2D eigenvalue weighted by atomic mass is 10.3. The van der Waals surface area contributed by atoms with Crippen LogP contribution in [0.15, 0.2) is 0 Å². The average molecular weight is 1090 g/mol. The van der Waals surface area contributed by atoms with Crippen LogP contribution in [-0.4, -0.2) is 138 Å². The molecular weight excluding hydrogens is 1070 g/mol. The highest BCUT2D eigenvalue weighted by Crippen LogP contribution is 2.40. The smallest absolute Gasteiger partial charge is 0.350 e. The number of ether oxygens (including phenoxy) is 8. The van der Waals surface area contributed by atoms with E-state index < -0.39 is 126 Å². The van der Waals surface area contributed by atoms with Gasteiger partial charge in [-0.15, -0.1) is 0 Å². The molecule has 0 saturated heterocycles. The Hall–Kier alpha value is -1.55. The maximum atomic E-state index is 11.9. The van der Waals surface area contributed by atoms with Gasteiger partial charge in [0, 0.05) is 0 Å². The van der Waals surface area contributed by atoms with Crippen LogP contribution in [-0.2, 0) is 37.9 Å². The second-order valence-electron chi connectivity index (χ2n) is 9.56. The predicted molar refractivity (Wildman–Crippen MR) is 140 cm³/mol. The fourth-order valence-electron chi connectivity index (χ4n) is 2.49. The van der Waals surface area contributed by atoms with Gasteiger partial charge in [-0.1, -0.05) is 34.8 Å². The van der Waals surface area contributed by atoms with Gasteiger partial charge in [0.1, 0.15) is 31.8 Å². The van der Waals surface area contributed by atoms with Crippen molar-refractivity contribution in [1.82, 2.24) is 0 Å². The Morgan fingerprint density at radius 2 is 0.365 bits per heavy atom. The summed E-state index contributed by atoms with van der Waals surface area (Å²) in [5.41, 5.74) is 0. The fraction of sp³-hybridized carbons (Fsp3) is 1.00. The van der Waals surface area contributed by atoms with Crippen molar-refractivity contribution in [1.29, 1.82) is 0 Å². The molecule has 0 aromatic heterocycles. The molecule has 386 valence electrons. The Bertz CT molecular complexity index is 1040. The van der Waals surface area contributed by atoms with Crippen molar-refractivity contribution in [3.63, 3.8) is 0 Å². The molecule has 0 heterocycles. The molecule has 0 radical (unpaired) electrons. The lowest BCUT2D eigenvalue weighted by Gasteiger charge is -2.26. The van der Waals surface area contributed by atoms with Crippen LogP contribution in [0.4, 0.5) is 132 Å². The molecule has 0 aliphatic heterocycles. The van der Waals surface area contributed by atoms with E-state index in [0.29, 0.717) is 0 Å². The summed E-state index contributed by atoms with van der Waals surface area (Å²) in [4.78, 5) is 0. The molecule has 41 heteroatoms. The Balaban J connectivity index is -0.000000401. The second kappa shape index (κ2) is 27.3. The van der Waals surface area contributed by atoms with Crippen molar-refractivity contribution in [2.24, 2.45) is 0 Å². The molecule has 0 aliphatic carbocycles. The molecule has 0 aromatic rings. The molecule has 0 aromatic carbocycles. The third kappa shape index (κ3) is 32.7. The van der Waals surface area contributed by atoms with Crippen LogP contribution in [0.5, 0.6) is 0 Å². The molecule has 0 aliphatic rings. The van der Waals surface area contributed by atoms with Gasteiger partial charge in [-0.05, 0) is 0 Å². The summed E-state index contributed by atoms with van der Waals surface area (Å²) < 4.78 is 384. The largest absolute Gasteiger partial charge is 0.423 e. The van der Waals surface area contributed by atoms with Gasteiger partial charge in [-0.2, -0.15) is 132 Å². The third-order valence-electron chi connectivity index (χ3n) is 4.63. The molecular formula is C22H19Cl3F30O8. The summed E-state index contributed by atoms with van der Waals surface area (Å²) in [6, 6.07) is -0.185. The van der Waals surface area contributed by atoms with Gasteiger partial charge in [0.05, 0.1) is 0 Å². The number of halogens is 33. The zero-order chi connectivity index (χ0) is 51.5. The van der Waals surface area contributed by atoms with Gasteiger partial charge in [-0.25, -0.2) is 0 Å². The molecule has 0 bridgehead atoms. The molecule has 0 unspecified atom stereocenters. The predicted octanol–water partition coefficient (Wildman–Crippen LogP) is 12.0. The SMILES string of the molecule is ClCOCCl.FC(F)(F)C(OCOC(C(F)(F)F)C(F)(F)F)C(F)(F)F.FC(F)(F)C(OCOCCl)C(F)(F)F.FC(F)(F)C(OCOCOC(C(F)(F)F)C(F)(F)F)C(F)(F)F. The molecule has 0 spiro atoms. The van der Waals surface area contributed by atoms with Crippen molar-refractivity contribution in [3.8, 4) is 0 Å². The molecule has 8 nitrogen and oxygen atoms in total. The van der Waals surface area contributed by atoms with E-state index in [4.69, 9.17) is 34.8 Å². The zero-order valence-corrected chi connectivity index (χ0v) is 30.8. The molecule has 0 saturated carbocycles. The molecule has 0 amide bonds. The van der Waals surface area contributed by atoms with Crippen LogP contribution < -0.4 is 0 Å². The van der Waals surface area contributed by atoms with Crippen LogP contribution in [0.1, 0.15) is 0 Å². The normalized spacial score (nSPS) is 14.2. The number of alkyl halides is 33. The number of rotatable bonds is 16. The van der Waals surface area contributed by atoms with E-state index in [1.807, 2.05) is 0 Å². The Kier molecular flexibility index (Phi) is 29.5. The summed E-state index contributed by atoms with van der Waals surface area (Å²) in [7, 11) is 0. The maximum Gasteiger partial charge on any atom is 0.423 e. The standard InChI is InChI=1S/C8H6F12O3.C7H4F12O2.C5H5ClF6O2.C2H4Cl2O/c9-5(10,11)3(6(12,13)14)22-1-21-2-23-4(7(15,16)17)8(18,19)20;8-4(9,10)2(5(11,12)13)20-1-21-3(6(14,15)16)7(17,18)19;6-1-13-2-14-3(4(7,8)9)5(10,11)12;3-1-5-2-4/h3-4H,1-2H2;2-3H,1H2;3H,1-2H2;1-2H2. The van der Waals surface area contributed by atoms with E-state index in [0.717, 1.165) is 0 Å². The van der Waals surface area contributed by atoms with E-state index in [-0.39, 0.29) is 12.1 Å². The van der Waals surface area contributed by atoms with E-state index in [9.17, 15) is 132 Å². The molecule has 63 heavy (non-hydrogen) atoms. The quantitative estimate of drug-likeness (QED) is 0.0655. The third-order valence-corrected chi connectivity index (χ3v) is 5.09. The van der Waals surface area contributed by atoms with E-state index in [1.165, 1.54) is 0 Å². The summed E-state index contributed by atoms with van der Waals surface area (Å²) in [5.74, 6) is 0. The summed E-state index contributed by atoms with van der Waals surface area (Å²) in [5, 5.41) is 0. The Labute approximate surface area is 342 Å². The Morgan fingerprint density at radius 1 is 0.222 bits per heavy atom. The molecule has 0 atom stereocenters. The van der Waals surface area contributed by atoms with Gasteiger partial charge in [0.25, 0.3) is 30.5 Å². The monoisotopic (exact) mass is 1090 g/mol. The van der Waals surface area contributed by atoms with Crippen LogP contribution in [0.25, 0.3) is 0 Å². The van der Waals surface area contributed by atoms with E-state index >= 15 is 0 Å². The van der Waals surface area contributed by atoms with Crippen LogP contribution in [0, 0.1) is 0 Å². The van der Waals surface area contributed by atoms with Gasteiger partial charge < -0.3 is 37.9 Å². The molecule has 0 N–H and O–H groups in total. The van der Waals surface area contributed by atoms with Crippen molar-refractivity contribution >= 4 is 34.8 Å². The van der Waals surface area contributed by atoms with Gasteiger partial charge in [-0.3, -0.25) is 0 Å². The highest BCUT2D eigenvalue weighted by atomic mass is 35.5. The Morgan fingerprint density at radius 3 is 0.492 bits per heavy atom. The minimum Gasteiger partial charge on any atom is -0.350 e. The van der Waals surface area contributed by atoms with Crippen molar-refractivity contribution in [2.75, 3.05) is 45.4 Å². The molecule has 0 fully saturated rings. The topological polar surface area (TPSA) is 73.8 Å². The first-order valence-electron chi connectivity index (χ1n) is 13.7. The van der Waals surface area contributed by atoms with Crippen molar-refractivity contribution < 1.29 is 170 Å². The summed E-state index contributed by atoms with van der Waals surface area (Å²) in [6.45, 7) is -7.52. The van der Waals surface area contributed by atoms with Crippen molar-refractivity contribution in [2.45, 2.75) is 92.3 Å². The first-order valence-corrected chi connectivity index (χ1v) is 15.3. The summed E-state index contributed by atoms with van der Waals surface area (Å²) >= 11 is 14.8. The second-order valence-corrected chi connectivity index (χ2v) is 10.2. The highest BCUT2D eigenvalue weighted by Gasteiger charge is 2.62. The number of hydrogen-bond donors (Lipinski definition) is 0. The number of hydrogen-bond acceptors (Lipinski definition) is 8. The van der Waals surface area contributed by atoms with Crippen molar-refractivity contribution in [3.05, 3.63) is 0 Å². The first-order chi connectivity index (χ1) is 27.5. The van der Waals surface area contributed by atoms with E-state index in [2.05, 4.69) is 37.9 Å². The van der Waals surface area contributed by atoms with E-state index in [1.54, 1.807) is 0 Å². The first kappa shape index (κ1) is 68.0. The van der Waals surface area contributed by atoms with Crippen LogP contribution >= 0.6 is 34.8 Å². The van der Waals surface area contributed by atoms with Crippen LogP contribution in [0.3, 0.4) is 0 Å². The van der Waals surface area contributed by atoms with Gasteiger partial charge in [0.15, 0.2) is 13.6 Å². The fourth-order valence-corrected chi connectivity index (χ4v) is 2.79. The van der Waals surface area contributed by atoms with Crippen LogP contribution in [0.2, 0.25) is 0 Å². The summed E-state index contributed by atoms with van der Waals surface area (Å²) in [6.07, 6.45) is -80.7. The minimum atomic E-state index is -6.09. The highest BCUT2D eigenvalue weighted by molar-refractivity contribution is 6.18. The average Bonchev–Trinajstić information content (AvgIpc) is 2.97. The van der Waals surface area contributed by atoms with Gasteiger partial charge in [0.2, 0.25) is 0 Å². The zero-order valence-electron chi connectivity index (χ0n) is 28.6. The molecule has 0 rings (SSSR count). The van der Waals surface area contributed by atoms with Gasteiger partial charge >= 0.3 is 61.8 Å². The minimum absolute atomic E-state index is 0.184. The maximum absolute atomic E-state index is 11.9. The lowest BCUT2D eigenvalue weighted by molar-refractivity contribution is -0.367.